The minimum Gasteiger partial charge on any atom is -0.378 e. The molecule has 0 bridgehead atoms. The molecule has 3 aliphatic rings. The normalized spacial score (nSPS) is 22.7. The highest BCUT2D eigenvalue weighted by atomic mass is 16.5. The topological polar surface area (TPSA) is 110 Å². The van der Waals surface area contributed by atoms with Crippen LogP contribution in [0.2, 0.25) is 0 Å². The third-order valence-corrected chi connectivity index (χ3v) is 6.17. The van der Waals surface area contributed by atoms with Gasteiger partial charge >= 0.3 is 0 Å². The van der Waals surface area contributed by atoms with Crippen LogP contribution in [0.3, 0.4) is 0 Å². The number of allylic oxidation sites excluding steroid dienone is 1. The predicted molar refractivity (Wildman–Crippen MR) is 115 cm³/mol. The Kier molecular flexibility index (Phi) is 4.13. The van der Waals surface area contributed by atoms with E-state index in [1.807, 2.05) is 18.2 Å². The number of amides is 1. The second kappa shape index (κ2) is 7.02. The highest BCUT2D eigenvalue weighted by Crippen LogP contribution is 2.37. The van der Waals surface area contributed by atoms with Gasteiger partial charge in [-0.15, -0.1) is 10.2 Å². The van der Waals surface area contributed by atoms with Crippen LogP contribution in [0.15, 0.2) is 36.5 Å². The SMILES string of the molecule is O=C1NCC2(C=CCC2)n2c1cc1cnc(Nc3ccc(N4CCOCC4)nn3)nc12. The molecule has 0 aromatic carbocycles. The molecule has 6 rings (SSSR count). The summed E-state index contributed by atoms with van der Waals surface area (Å²) in [5.41, 5.74) is 1.09. The smallest absolute Gasteiger partial charge is 0.268 e. The maximum atomic E-state index is 12.5. The molecule has 31 heavy (non-hydrogen) atoms. The molecule has 10 heteroatoms. The van der Waals surface area contributed by atoms with Gasteiger partial charge in [0.05, 0.1) is 18.8 Å². The van der Waals surface area contributed by atoms with Crippen LogP contribution >= 0.6 is 0 Å². The van der Waals surface area contributed by atoms with E-state index in [0.29, 0.717) is 37.2 Å². The van der Waals surface area contributed by atoms with Crippen molar-refractivity contribution in [1.29, 1.82) is 0 Å². The largest absolute Gasteiger partial charge is 0.378 e. The lowest BCUT2D eigenvalue weighted by Crippen LogP contribution is -2.49. The molecule has 3 aromatic rings. The fraction of sp³-hybridized carbons (Fsp3) is 0.381. The highest BCUT2D eigenvalue weighted by molar-refractivity contribution is 5.99. The Labute approximate surface area is 178 Å². The lowest BCUT2D eigenvalue weighted by atomic mass is 9.96. The van der Waals surface area contributed by atoms with Gasteiger partial charge in [0.25, 0.3) is 5.91 Å². The maximum Gasteiger partial charge on any atom is 0.268 e. The minimum atomic E-state index is -0.268. The molecule has 0 radical (unpaired) electrons. The lowest BCUT2D eigenvalue weighted by molar-refractivity contribution is 0.0895. The van der Waals surface area contributed by atoms with Crippen molar-refractivity contribution in [1.82, 2.24) is 30.0 Å². The number of rotatable bonds is 3. The van der Waals surface area contributed by atoms with Gasteiger partial charge in [0.1, 0.15) is 11.3 Å². The van der Waals surface area contributed by atoms with Crippen LogP contribution < -0.4 is 15.5 Å². The first kappa shape index (κ1) is 18.3. The molecule has 1 fully saturated rings. The number of fused-ring (bicyclic) bond motifs is 4. The van der Waals surface area contributed by atoms with Crippen molar-refractivity contribution in [3.63, 3.8) is 0 Å². The molecule has 3 aromatic heterocycles. The summed E-state index contributed by atoms with van der Waals surface area (Å²) in [6.07, 6.45) is 8.01. The average molecular weight is 418 g/mol. The monoisotopic (exact) mass is 418 g/mol. The summed E-state index contributed by atoms with van der Waals surface area (Å²) in [4.78, 5) is 23.8. The highest BCUT2D eigenvalue weighted by Gasteiger charge is 2.40. The van der Waals surface area contributed by atoms with Gasteiger partial charge in [-0.2, -0.15) is 4.98 Å². The van der Waals surface area contributed by atoms with E-state index in [2.05, 4.69) is 47.4 Å². The molecule has 10 nitrogen and oxygen atoms in total. The molecule has 1 spiro atoms. The predicted octanol–water partition coefficient (Wildman–Crippen LogP) is 1.59. The van der Waals surface area contributed by atoms with E-state index in [-0.39, 0.29) is 11.4 Å². The van der Waals surface area contributed by atoms with Crippen molar-refractivity contribution in [2.75, 3.05) is 43.1 Å². The summed E-state index contributed by atoms with van der Waals surface area (Å²) in [5, 5.41) is 15.6. The molecule has 0 saturated carbocycles. The molecule has 2 N–H and O–H groups in total. The van der Waals surface area contributed by atoms with E-state index in [9.17, 15) is 4.79 Å². The number of hydrogen-bond acceptors (Lipinski definition) is 8. The van der Waals surface area contributed by atoms with Crippen LogP contribution in [0.25, 0.3) is 11.0 Å². The number of ether oxygens (including phenoxy) is 1. The Morgan fingerprint density at radius 3 is 2.87 bits per heavy atom. The number of carbonyl (C=O) groups excluding carboxylic acids is 1. The van der Waals surface area contributed by atoms with Crippen LogP contribution in [0.4, 0.5) is 17.6 Å². The van der Waals surface area contributed by atoms with Crippen molar-refractivity contribution in [3.8, 4) is 0 Å². The Morgan fingerprint density at radius 2 is 2.10 bits per heavy atom. The molecular weight excluding hydrogens is 396 g/mol. The van der Waals surface area contributed by atoms with E-state index >= 15 is 0 Å². The Hall–Kier alpha value is -3.53. The van der Waals surface area contributed by atoms with E-state index in [4.69, 9.17) is 9.72 Å². The molecule has 1 atom stereocenters. The molecular formula is C21H22N8O2. The quantitative estimate of drug-likeness (QED) is 0.617. The Bertz CT molecular complexity index is 1180. The second-order valence-electron chi connectivity index (χ2n) is 8.07. The Balaban J connectivity index is 1.32. The third kappa shape index (κ3) is 3.02. The number of carbonyl (C=O) groups is 1. The summed E-state index contributed by atoms with van der Waals surface area (Å²) in [6, 6.07) is 5.66. The summed E-state index contributed by atoms with van der Waals surface area (Å²) in [7, 11) is 0. The van der Waals surface area contributed by atoms with Crippen LogP contribution in [0.5, 0.6) is 0 Å². The maximum absolute atomic E-state index is 12.5. The van der Waals surface area contributed by atoms with E-state index in [1.54, 1.807) is 6.20 Å². The number of hydrogen-bond donors (Lipinski definition) is 2. The number of aromatic nitrogens is 5. The van der Waals surface area contributed by atoms with Gasteiger partial charge in [0.2, 0.25) is 5.95 Å². The molecule has 1 amide bonds. The summed E-state index contributed by atoms with van der Waals surface area (Å²) >= 11 is 0. The molecule has 1 aliphatic carbocycles. The summed E-state index contributed by atoms with van der Waals surface area (Å²) in [5.74, 6) is 1.73. The zero-order valence-electron chi connectivity index (χ0n) is 16.9. The van der Waals surface area contributed by atoms with Crippen molar-refractivity contribution in [2.24, 2.45) is 0 Å². The first-order chi connectivity index (χ1) is 15.2. The van der Waals surface area contributed by atoms with E-state index < -0.39 is 0 Å². The first-order valence-corrected chi connectivity index (χ1v) is 10.5. The van der Waals surface area contributed by atoms with Crippen molar-refractivity contribution < 1.29 is 9.53 Å². The van der Waals surface area contributed by atoms with Crippen LogP contribution in [0.1, 0.15) is 23.3 Å². The van der Waals surface area contributed by atoms with E-state index in [1.165, 1.54) is 0 Å². The molecule has 1 saturated heterocycles. The zero-order chi connectivity index (χ0) is 20.8. The van der Waals surface area contributed by atoms with Gasteiger partial charge in [-0.1, -0.05) is 12.2 Å². The average Bonchev–Trinajstić information content (AvgIpc) is 3.43. The molecule has 1 unspecified atom stereocenters. The van der Waals surface area contributed by atoms with Crippen molar-refractivity contribution >= 4 is 34.5 Å². The van der Waals surface area contributed by atoms with Crippen molar-refractivity contribution in [3.05, 3.63) is 42.2 Å². The van der Waals surface area contributed by atoms with E-state index in [0.717, 1.165) is 42.8 Å². The summed E-state index contributed by atoms with van der Waals surface area (Å²) in [6.45, 7) is 3.59. The van der Waals surface area contributed by atoms with Crippen LogP contribution in [-0.4, -0.2) is 63.5 Å². The fourth-order valence-corrected chi connectivity index (χ4v) is 4.59. The van der Waals surface area contributed by atoms with Gasteiger partial charge < -0.3 is 24.8 Å². The number of anilines is 3. The van der Waals surface area contributed by atoms with Gasteiger partial charge in [0, 0.05) is 31.2 Å². The second-order valence-corrected chi connectivity index (χ2v) is 8.07. The minimum absolute atomic E-state index is 0.0806. The molecule has 5 heterocycles. The van der Waals surface area contributed by atoms with Gasteiger partial charge in [-0.25, -0.2) is 4.98 Å². The summed E-state index contributed by atoms with van der Waals surface area (Å²) < 4.78 is 7.44. The van der Waals surface area contributed by atoms with Gasteiger partial charge in [-0.05, 0) is 31.0 Å². The van der Waals surface area contributed by atoms with Gasteiger partial charge in [0.15, 0.2) is 11.6 Å². The van der Waals surface area contributed by atoms with Gasteiger partial charge in [-0.3, -0.25) is 4.79 Å². The Morgan fingerprint density at radius 1 is 1.19 bits per heavy atom. The number of nitrogens with zero attached hydrogens (tertiary/aromatic N) is 6. The van der Waals surface area contributed by atoms with Crippen LogP contribution in [0, 0.1) is 0 Å². The standard InChI is InChI=1S/C21H22N8O2/c30-19-15-11-14-12-22-20(25-18(14)29(15)21(13-23-19)5-1-2-6-21)24-16-3-4-17(27-26-16)28-7-9-31-10-8-28/h1,3-5,11-12H,2,6-10,13H2,(H,23,30)(H,22,24,25,26). The van der Waals surface area contributed by atoms with Crippen molar-refractivity contribution in [2.45, 2.75) is 18.4 Å². The third-order valence-electron chi connectivity index (χ3n) is 6.17. The van der Waals surface area contributed by atoms with Crippen LogP contribution in [-0.2, 0) is 10.3 Å². The molecule has 158 valence electrons. The fourth-order valence-electron chi connectivity index (χ4n) is 4.59. The zero-order valence-corrected chi connectivity index (χ0v) is 16.9. The number of nitrogens with one attached hydrogen (secondary N) is 2. The molecule has 2 aliphatic heterocycles. The lowest BCUT2D eigenvalue weighted by Gasteiger charge is -2.35. The first-order valence-electron chi connectivity index (χ1n) is 10.5. The number of morpholine rings is 1.